The minimum Gasteiger partial charge on any atom is -0.177 e. The van der Waals surface area contributed by atoms with Gasteiger partial charge in [-0.2, -0.15) is 10.0 Å². The predicted molar refractivity (Wildman–Crippen MR) is 70.6 cm³/mol. The molecule has 8 heteroatoms. The minimum absolute atomic E-state index is 0.341. The largest absolute Gasteiger partial charge is 0.204 e. The Bertz CT molecular complexity index is 668. The molecule has 0 amide bonds. The van der Waals surface area contributed by atoms with Crippen molar-refractivity contribution in [3.05, 3.63) is 35.7 Å². The van der Waals surface area contributed by atoms with Gasteiger partial charge in [-0.05, 0) is 16.7 Å². The van der Waals surface area contributed by atoms with Gasteiger partial charge in [0, 0.05) is 5.56 Å². The summed E-state index contributed by atoms with van der Waals surface area (Å²) in [5.41, 5.74) is 2.22. The van der Waals surface area contributed by atoms with Gasteiger partial charge in [-0.1, -0.05) is 43.3 Å². The first-order valence-corrected chi connectivity index (χ1v) is 6.33. The molecule has 0 aliphatic rings. The van der Waals surface area contributed by atoms with Crippen molar-refractivity contribution >= 4 is 0 Å². The zero-order valence-corrected chi connectivity index (χ0v) is 11.2. The van der Waals surface area contributed by atoms with Crippen molar-refractivity contribution < 1.29 is 0 Å². The number of hydrogen-bond acceptors (Lipinski definition) is 6. The van der Waals surface area contributed by atoms with Crippen molar-refractivity contribution in [2.75, 3.05) is 0 Å². The van der Waals surface area contributed by atoms with Crippen LogP contribution in [0.5, 0.6) is 0 Å². The van der Waals surface area contributed by atoms with E-state index in [4.69, 9.17) is 0 Å². The summed E-state index contributed by atoms with van der Waals surface area (Å²) in [4.78, 5) is 1.44. The highest BCUT2D eigenvalue weighted by Gasteiger charge is 2.08. The van der Waals surface area contributed by atoms with E-state index in [0.29, 0.717) is 24.1 Å². The Kier molecular flexibility index (Phi) is 3.20. The SMILES string of the molecule is CC(C)c1ccc(-c2nnn(Cc3nn[nH]n3)n2)cc1. The molecule has 0 saturated carbocycles. The van der Waals surface area contributed by atoms with E-state index in [1.165, 1.54) is 10.4 Å². The van der Waals surface area contributed by atoms with E-state index in [2.05, 4.69) is 62.0 Å². The van der Waals surface area contributed by atoms with Crippen molar-refractivity contribution in [2.45, 2.75) is 26.3 Å². The molecule has 0 aliphatic carbocycles. The summed E-state index contributed by atoms with van der Waals surface area (Å²) in [7, 11) is 0. The highest BCUT2D eigenvalue weighted by Crippen LogP contribution is 2.19. The van der Waals surface area contributed by atoms with E-state index < -0.39 is 0 Å². The first-order chi connectivity index (χ1) is 9.72. The Balaban J connectivity index is 1.79. The van der Waals surface area contributed by atoms with Crippen LogP contribution in [0.2, 0.25) is 0 Å². The molecule has 8 nitrogen and oxygen atoms in total. The first-order valence-electron chi connectivity index (χ1n) is 6.33. The predicted octanol–water partition coefficient (Wildman–Crippen LogP) is 1.02. The lowest BCUT2D eigenvalue weighted by Crippen LogP contribution is -2.05. The summed E-state index contributed by atoms with van der Waals surface area (Å²) < 4.78 is 0. The second-order valence-electron chi connectivity index (χ2n) is 4.75. The maximum absolute atomic E-state index is 4.30. The molecule has 1 aromatic carbocycles. The lowest BCUT2D eigenvalue weighted by atomic mass is 10.0. The molecule has 3 rings (SSSR count). The van der Waals surface area contributed by atoms with Crippen LogP contribution >= 0.6 is 0 Å². The lowest BCUT2D eigenvalue weighted by molar-refractivity contribution is 0.555. The molecule has 1 N–H and O–H groups in total. The zero-order chi connectivity index (χ0) is 13.9. The number of aromatic amines is 1. The highest BCUT2D eigenvalue weighted by atomic mass is 15.6. The quantitative estimate of drug-likeness (QED) is 0.760. The van der Waals surface area contributed by atoms with Gasteiger partial charge in [0.2, 0.25) is 5.82 Å². The minimum atomic E-state index is 0.341. The smallest absolute Gasteiger partial charge is 0.177 e. The van der Waals surface area contributed by atoms with E-state index in [1.54, 1.807) is 0 Å². The molecule has 20 heavy (non-hydrogen) atoms. The van der Waals surface area contributed by atoms with Crippen molar-refractivity contribution in [1.82, 2.24) is 40.8 Å². The second-order valence-corrected chi connectivity index (χ2v) is 4.75. The normalized spacial score (nSPS) is 11.2. The molecule has 0 spiro atoms. The summed E-state index contributed by atoms with van der Waals surface area (Å²) in [6.45, 7) is 4.66. The Morgan fingerprint density at radius 3 is 2.60 bits per heavy atom. The van der Waals surface area contributed by atoms with E-state index in [-0.39, 0.29) is 0 Å². The third-order valence-electron chi connectivity index (χ3n) is 2.96. The van der Waals surface area contributed by atoms with Gasteiger partial charge in [0.15, 0.2) is 5.82 Å². The highest BCUT2D eigenvalue weighted by molar-refractivity contribution is 5.54. The van der Waals surface area contributed by atoms with Crippen LogP contribution < -0.4 is 0 Å². The van der Waals surface area contributed by atoms with Gasteiger partial charge in [0.05, 0.1) is 0 Å². The number of aromatic nitrogens is 8. The second kappa shape index (κ2) is 5.16. The summed E-state index contributed by atoms with van der Waals surface area (Å²) in [6, 6.07) is 8.18. The van der Waals surface area contributed by atoms with Crippen LogP contribution in [0.25, 0.3) is 11.4 Å². The number of hydrogen-bond donors (Lipinski definition) is 1. The fraction of sp³-hybridized carbons (Fsp3) is 0.333. The third-order valence-corrected chi connectivity index (χ3v) is 2.96. The lowest BCUT2D eigenvalue weighted by Gasteiger charge is -2.04. The molecule has 0 aliphatic heterocycles. The fourth-order valence-corrected chi connectivity index (χ4v) is 1.82. The molecule has 0 unspecified atom stereocenters. The molecule has 0 saturated heterocycles. The van der Waals surface area contributed by atoms with E-state index >= 15 is 0 Å². The van der Waals surface area contributed by atoms with Gasteiger partial charge in [-0.3, -0.25) is 0 Å². The van der Waals surface area contributed by atoms with Crippen molar-refractivity contribution in [2.24, 2.45) is 0 Å². The molecule has 0 bridgehead atoms. The average molecular weight is 270 g/mol. The van der Waals surface area contributed by atoms with Crippen molar-refractivity contribution in [3.63, 3.8) is 0 Å². The maximum Gasteiger partial charge on any atom is 0.204 e. The Hall–Kier alpha value is -2.64. The standard InChI is InChI=1S/C12H14N8/c1-8(2)9-3-5-10(6-4-9)12-15-19-20(16-12)7-11-13-17-18-14-11/h3-6,8H,7H2,1-2H3,(H,13,14,17,18). The van der Waals surface area contributed by atoms with Gasteiger partial charge in [-0.25, -0.2) is 0 Å². The van der Waals surface area contributed by atoms with Crippen LogP contribution in [-0.2, 0) is 6.54 Å². The van der Waals surface area contributed by atoms with Crippen LogP contribution in [0.3, 0.4) is 0 Å². The Morgan fingerprint density at radius 2 is 1.95 bits per heavy atom. The number of nitrogens with zero attached hydrogens (tertiary/aromatic N) is 7. The van der Waals surface area contributed by atoms with Crippen LogP contribution in [0.1, 0.15) is 31.2 Å². The Labute approximate surface area is 115 Å². The molecular formula is C12H14N8. The van der Waals surface area contributed by atoms with Crippen molar-refractivity contribution in [1.29, 1.82) is 0 Å². The maximum atomic E-state index is 4.30. The molecular weight excluding hydrogens is 256 g/mol. The third kappa shape index (κ3) is 2.53. The fourth-order valence-electron chi connectivity index (χ4n) is 1.82. The van der Waals surface area contributed by atoms with Gasteiger partial charge in [0.1, 0.15) is 6.54 Å². The monoisotopic (exact) mass is 270 g/mol. The van der Waals surface area contributed by atoms with Gasteiger partial charge in [0.25, 0.3) is 0 Å². The zero-order valence-electron chi connectivity index (χ0n) is 11.2. The summed E-state index contributed by atoms with van der Waals surface area (Å²) in [6.07, 6.45) is 0. The number of benzene rings is 1. The summed E-state index contributed by atoms with van der Waals surface area (Å²) in [5.74, 6) is 1.61. The molecule has 2 aromatic heterocycles. The van der Waals surface area contributed by atoms with Crippen LogP contribution in [0.4, 0.5) is 0 Å². The Morgan fingerprint density at radius 1 is 1.15 bits per heavy atom. The molecule has 102 valence electrons. The average Bonchev–Trinajstić information content (AvgIpc) is 3.11. The van der Waals surface area contributed by atoms with Gasteiger partial charge in [-0.15, -0.1) is 20.4 Å². The van der Waals surface area contributed by atoms with Crippen molar-refractivity contribution in [3.8, 4) is 11.4 Å². The summed E-state index contributed by atoms with van der Waals surface area (Å²) >= 11 is 0. The number of nitrogens with one attached hydrogen (secondary N) is 1. The van der Waals surface area contributed by atoms with Gasteiger partial charge < -0.3 is 0 Å². The van der Waals surface area contributed by atoms with Gasteiger partial charge >= 0.3 is 0 Å². The van der Waals surface area contributed by atoms with E-state index in [9.17, 15) is 0 Å². The molecule has 3 aromatic rings. The molecule has 0 radical (unpaired) electrons. The summed E-state index contributed by atoms with van der Waals surface area (Å²) in [5, 5.41) is 25.9. The van der Waals surface area contributed by atoms with E-state index in [1.807, 2.05) is 12.1 Å². The molecule has 0 atom stereocenters. The number of rotatable bonds is 4. The number of H-pyrrole nitrogens is 1. The van der Waals surface area contributed by atoms with Crippen LogP contribution in [0, 0.1) is 0 Å². The molecule has 2 heterocycles. The number of tetrazole rings is 2. The molecule has 0 fully saturated rings. The van der Waals surface area contributed by atoms with Crippen LogP contribution in [0.15, 0.2) is 24.3 Å². The first kappa shape index (κ1) is 12.4. The van der Waals surface area contributed by atoms with E-state index in [0.717, 1.165) is 5.56 Å². The topological polar surface area (TPSA) is 98.1 Å². The van der Waals surface area contributed by atoms with Crippen LogP contribution in [-0.4, -0.2) is 40.8 Å².